The molecular weight excluding hydrogens is 355 g/mol. The molecule has 0 spiro atoms. The first-order valence-corrected chi connectivity index (χ1v) is 7.60. The van der Waals surface area contributed by atoms with E-state index in [1.807, 2.05) is 23.1 Å². The fourth-order valence-corrected chi connectivity index (χ4v) is 3.71. The molecule has 1 amide bonds. The fraction of sp³-hybridized carbons (Fsp3) is 0.500. The van der Waals surface area contributed by atoms with Crippen LogP contribution in [0.2, 0.25) is 0 Å². The third-order valence-electron chi connectivity index (χ3n) is 4.08. The van der Waals surface area contributed by atoms with Crippen molar-refractivity contribution in [3.63, 3.8) is 0 Å². The number of nitrogens with one attached hydrogen (secondary N) is 1. The number of methoxy groups -OCH3 is 1. The highest BCUT2D eigenvalue weighted by Crippen LogP contribution is 2.29. The summed E-state index contributed by atoms with van der Waals surface area (Å²) in [6.45, 7) is 3.87. The number of carbonyl (C=O) groups is 1. The molecule has 2 atom stereocenters. The van der Waals surface area contributed by atoms with Gasteiger partial charge in [-0.15, -0.1) is 0 Å². The lowest BCUT2D eigenvalue weighted by atomic mass is 10.0. The topological polar surface area (TPSA) is 41.6 Å². The van der Waals surface area contributed by atoms with Crippen molar-refractivity contribution < 1.29 is 9.53 Å². The minimum Gasteiger partial charge on any atom is -0.497 e. The van der Waals surface area contributed by atoms with E-state index in [9.17, 15) is 4.79 Å². The Morgan fingerprint density at radius 2 is 2.05 bits per heavy atom. The van der Waals surface area contributed by atoms with Crippen molar-refractivity contribution >= 4 is 28.5 Å². The highest BCUT2D eigenvalue weighted by molar-refractivity contribution is 14.1. The van der Waals surface area contributed by atoms with Crippen molar-refractivity contribution in [3.05, 3.63) is 27.3 Å². The predicted octanol–water partition coefficient (Wildman–Crippen LogP) is 1.59. The second-order valence-electron chi connectivity index (χ2n) is 5.23. The van der Waals surface area contributed by atoms with Gasteiger partial charge in [-0.1, -0.05) is 0 Å². The Morgan fingerprint density at radius 3 is 2.63 bits per heavy atom. The molecule has 102 valence electrons. The molecule has 0 radical (unpaired) electrons. The smallest absolute Gasteiger partial charge is 0.254 e. The molecule has 2 heterocycles. The minimum absolute atomic E-state index is 0.154. The molecule has 4 nitrogen and oxygen atoms in total. The number of likely N-dealkylation sites (tertiary alicyclic amines) is 1. The molecule has 2 aliphatic heterocycles. The van der Waals surface area contributed by atoms with Crippen LogP contribution in [-0.4, -0.2) is 44.1 Å². The zero-order valence-electron chi connectivity index (χ0n) is 10.9. The third kappa shape index (κ3) is 2.45. The van der Waals surface area contributed by atoms with E-state index >= 15 is 0 Å². The molecule has 5 heteroatoms. The maximum absolute atomic E-state index is 12.6. The molecule has 0 unspecified atom stereocenters. The van der Waals surface area contributed by atoms with Crippen LogP contribution in [0, 0.1) is 15.4 Å². The van der Waals surface area contributed by atoms with Gasteiger partial charge in [0.1, 0.15) is 5.75 Å². The van der Waals surface area contributed by atoms with Gasteiger partial charge in [0, 0.05) is 29.7 Å². The number of fused-ring (bicyclic) bond motifs is 1. The van der Waals surface area contributed by atoms with E-state index in [-0.39, 0.29) is 5.91 Å². The Morgan fingerprint density at radius 1 is 1.37 bits per heavy atom. The lowest BCUT2D eigenvalue weighted by molar-refractivity contribution is 0.0780. The van der Waals surface area contributed by atoms with Gasteiger partial charge in [0.25, 0.3) is 5.91 Å². The Bertz CT molecular complexity index is 494. The minimum atomic E-state index is 0.154. The quantitative estimate of drug-likeness (QED) is 0.802. The number of ether oxygens (including phenoxy) is 1. The van der Waals surface area contributed by atoms with Crippen molar-refractivity contribution in [2.45, 2.75) is 0 Å². The van der Waals surface area contributed by atoms with Gasteiger partial charge in [0.05, 0.1) is 12.7 Å². The third-order valence-corrected chi connectivity index (χ3v) is 4.98. The second-order valence-corrected chi connectivity index (χ2v) is 6.40. The van der Waals surface area contributed by atoms with Crippen LogP contribution in [-0.2, 0) is 0 Å². The number of nitrogens with zero attached hydrogens (tertiary/aromatic N) is 1. The van der Waals surface area contributed by atoms with Crippen molar-refractivity contribution in [3.8, 4) is 5.75 Å². The van der Waals surface area contributed by atoms with Crippen molar-refractivity contribution in [1.82, 2.24) is 10.2 Å². The highest BCUT2D eigenvalue weighted by atomic mass is 127. The number of halogens is 1. The Hall–Kier alpha value is -0.820. The van der Waals surface area contributed by atoms with Gasteiger partial charge in [-0.25, -0.2) is 0 Å². The summed E-state index contributed by atoms with van der Waals surface area (Å²) in [5.74, 6) is 2.23. The van der Waals surface area contributed by atoms with Crippen LogP contribution in [0.3, 0.4) is 0 Å². The van der Waals surface area contributed by atoms with Gasteiger partial charge >= 0.3 is 0 Å². The maximum atomic E-state index is 12.6. The SMILES string of the molecule is COc1ccc(C(=O)N2C[C@H]3CNC[C@H]3C2)c(I)c1. The summed E-state index contributed by atoms with van der Waals surface area (Å²) in [5, 5.41) is 3.39. The number of benzene rings is 1. The second kappa shape index (κ2) is 5.28. The summed E-state index contributed by atoms with van der Waals surface area (Å²) in [4.78, 5) is 14.6. The first kappa shape index (κ1) is 13.2. The molecule has 0 aromatic heterocycles. The molecule has 3 rings (SSSR count). The van der Waals surface area contributed by atoms with Gasteiger partial charge in [-0.2, -0.15) is 0 Å². The molecule has 1 N–H and O–H groups in total. The number of hydrogen-bond donors (Lipinski definition) is 1. The first-order valence-electron chi connectivity index (χ1n) is 6.52. The van der Waals surface area contributed by atoms with Crippen LogP contribution >= 0.6 is 22.6 Å². The van der Waals surface area contributed by atoms with E-state index in [1.54, 1.807) is 7.11 Å². The van der Waals surface area contributed by atoms with E-state index in [4.69, 9.17) is 4.74 Å². The van der Waals surface area contributed by atoms with Gasteiger partial charge in [-0.05, 0) is 52.6 Å². The van der Waals surface area contributed by atoms with E-state index in [2.05, 4.69) is 27.9 Å². The molecule has 0 saturated carbocycles. The molecule has 19 heavy (non-hydrogen) atoms. The van der Waals surface area contributed by atoms with Crippen molar-refractivity contribution in [2.75, 3.05) is 33.3 Å². The Kier molecular flexibility index (Phi) is 3.66. The van der Waals surface area contributed by atoms with E-state index in [1.165, 1.54) is 0 Å². The summed E-state index contributed by atoms with van der Waals surface area (Å²) >= 11 is 2.20. The average Bonchev–Trinajstić information content (AvgIpc) is 2.98. The Labute approximate surface area is 126 Å². The molecule has 1 aromatic carbocycles. The van der Waals surface area contributed by atoms with Crippen LogP contribution in [0.4, 0.5) is 0 Å². The monoisotopic (exact) mass is 372 g/mol. The van der Waals surface area contributed by atoms with E-state index in [0.29, 0.717) is 11.8 Å². The number of carbonyl (C=O) groups excluding carboxylic acids is 1. The molecule has 1 aromatic rings. The molecule has 0 aliphatic carbocycles. The Balaban J connectivity index is 1.77. The lowest BCUT2D eigenvalue weighted by Crippen LogP contribution is -2.32. The highest BCUT2D eigenvalue weighted by Gasteiger charge is 2.38. The van der Waals surface area contributed by atoms with Crippen LogP contribution in [0.1, 0.15) is 10.4 Å². The summed E-state index contributed by atoms with van der Waals surface area (Å²) in [5.41, 5.74) is 0.786. The van der Waals surface area contributed by atoms with E-state index < -0.39 is 0 Å². The lowest BCUT2D eigenvalue weighted by Gasteiger charge is -2.18. The largest absolute Gasteiger partial charge is 0.497 e. The van der Waals surface area contributed by atoms with Gasteiger partial charge < -0.3 is 15.0 Å². The summed E-state index contributed by atoms with van der Waals surface area (Å²) < 4.78 is 6.13. The number of hydrogen-bond acceptors (Lipinski definition) is 3. The van der Waals surface area contributed by atoms with Crippen molar-refractivity contribution in [1.29, 1.82) is 0 Å². The molecule has 0 bridgehead atoms. The molecular formula is C14H17IN2O2. The van der Waals surface area contributed by atoms with Gasteiger partial charge in [-0.3, -0.25) is 4.79 Å². The van der Waals surface area contributed by atoms with E-state index in [0.717, 1.165) is 41.1 Å². The van der Waals surface area contributed by atoms with Crippen LogP contribution in [0.15, 0.2) is 18.2 Å². The van der Waals surface area contributed by atoms with Gasteiger partial charge in [0.15, 0.2) is 0 Å². The normalized spacial score (nSPS) is 25.5. The number of amides is 1. The van der Waals surface area contributed by atoms with Crippen LogP contribution in [0.25, 0.3) is 0 Å². The number of rotatable bonds is 2. The van der Waals surface area contributed by atoms with Crippen molar-refractivity contribution in [2.24, 2.45) is 11.8 Å². The standard InChI is InChI=1S/C14H17IN2O2/c1-19-11-2-3-12(13(15)4-11)14(18)17-7-9-5-16-6-10(9)8-17/h2-4,9-10,16H,5-8H2,1H3/t9-,10+. The maximum Gasteiger partial charge on any atom is 0.254 e. The zero-order chi connectivity index (χ0) is 13.4. The first-order chi connectivity index (χ1) is 9.19. The fourth-order valence-electron chi connectivity index (χ4n) is 2.99. The average molecular weight is 372 g/mol. The summed E-state index contributed by atoms with van der Waals surface area (Å²) in [7, 11) is 1.64. The zero-order valence-corrected chi connectivity index (χ0v) is 13.0. The molecule has 2 saturated heterocycles. The molecule has 2 fully saturated rings. The summed E-state index contributed by atoms with van der Waals surface area (Å²) in [6, 6.07) is 5.63. The molecule has 2 aliphatic rings. The van der Waals surface area contributed by atoms with Crippen LogP contribution in [0.5, 0.6) is 5.75 Å². The predicted molar refractivity (Wildman–Crippen MR) is 81.5 cm³/mol. The summed E-state index contributed by atoms with van der Waals surface area (Å²) in [6.07, 6.45) is 0. The van der Waals surface area contributed by atoms with Crippen LogP contribution < -0.4 is 10.1 Å². The van der Waals surface area contributed by atoms with Gasteiger partial charge in [0.2, 0.25) is 0 Å².